The maximum absolute atomic E-state index is 13.6. The van der Waals surface area contributed by atoms with Gasteiger partial charge in [-0.25, -0.2) is 13.8 Å². The molecule has 2 aromatic carbocycles. The van der Waals surface area contributed by atoms with E-state index in [4.69, 9.17) is 0 Å². The Morgan fingerprint density at radius 1 is 1.12 bits per heavy atom. The molecule has 1 heterocycles. The number of nitrogens with zero attached hydrogens (tertiary/aromatic N) is 2. The lowest BCUT2D eigenvalue weighted by atomic mass is 10.1. The van der Waals surface area contributed by atoms with Gasteiger partial charge in [0.15, 0.2) is 0 Å². The molecule has 0 bridgehead atoms. The highest BCUT2D eigenvalue weighted by Crippen LogP contribution is 2.16. The van der Waals surface area contributed by atoms with Gasteiger partial charge in [0.1, 0.15) is 18.2 Å². The quantitative estimate of drug-likeness (QED) is 0.782. The van der Waals surface area contributed by atoms with Crippen LogP contribution in [-0.4, -0.2) is 15.5 Å². The van der Waals surface area contributed by atoms with Crippen molar-refractivity contribution in [2.75, 3.05) is 5.32 Å². The molecule has 5 nitrogen and oxygen atoms in total. The van der Waals surface area contributed by atoms with E-state index in [0.717, 1.165) is 33.9 Å². The van der Waals surface area contributed by atoms with E-state index in [0.29, 0.717) is 5.69 Å². The molecule has 0 radical (unpaired) electrons. The zero-order valence-corrected chi connectivity index (χ0v) is 13.9. The lowest BCUT2D eigenvalue weighted by Gasteiger charge is -2.09. The van der Waals surface area contributed by atoms with Gasteiger partial charge in [-0.15, -0.1) is 0 Å². The minimum Gasteiger partial charge on any atom is -0.322 e. The number of halogens is 2. The number of anilines is 1. The molecule has 132 valence electrons. The average molecular weight is 355 g/mol. The highest BCUT2D eigenvalue weighted by molar-refractivity contribution is 5.90. The summed E-state index contributed by atoms with van der Waals surface area (Å²) < 4.78 is 27.8. The number of nitrogens with one attached hydrogen (secondary N) is 1. The fraction of sp³-hybridized carbons (Fsp3) is 0.105. The molecular formula is C19H15F2N3O2. The van der Waals surface area contributed by atoms with Crippen molar-refractivity contribution in [2.24, 2.45) is 0 Å². The first-order valence-electron chi connectivity index (χ1n) is 7.81. The van der Waals surface area contributed by atoms with Crippen molar-refractivity contribution in [3.05, 3.63) is 82.4 Å². The number of hydrogen-bond donors (Lipinski definition) is 1. The molecule has 0 aliphatic heterocycles. The van der Waals surface area contributed by atoms with Gasteiger partial charge in [0.05, 0.1) is 17.7 Å². The van der Waals surface area contributed by atoms with Crippen LogP contribution >= 0.6 is 0 Å². The molecule has 7 heteroatoms. The standard InChI is InChI=1S/C19H15F2N3O2/c1-12-2-4-13(5-3-12)16-9-19(26)24(11-22-16)10-18(25)23-17-8-14(20)6-7-15(17)21/h2-9,11H,10H2,1H3,(H,23,25). The average Bonchev–Trinajstić information content (AvgIpc) is 2.60. The smallest absolute Gasteiger partial charge is 0.254 e. The maximum Gasteiger partial charge on any atom is 0.254 e. The predicted octanol–water partition coefficient (Wildman–Crippen LogP) is 3.14. The first-order chi connectivity index (χ1) is 12.4. The van der Waals surface area contributed by atoms with E-state index in [1.165, 1.54) is 12.4 Å². The van der Waals surface area contributed by atoms with Gasteiger partial charge in [-0.2, -0.15) is 0 Å². The molecule has 1 N–H and O–H groups in total. The third kappa shape index (κ3) is 4.00. The molecule has 0 spiro atoms. The summed E-state index contributed by atoms with van der Waals surface area (Å²) >= 11 is 0. The fourth-order valence-electron chi connectivity index (χ4n) is 2.36. The van der Waals surface area contributed by atoms with Crippen molar-refractivity contribution >= 4 is 11.6 Å². The van der Waals surface area contributed by atoms with Crippen LogP contribution in [0, 0.1) is 18.6 Å². The van der Waals surface area contributed by atoms with Gasteiger partial charge in [-0.3, -0.25) is 14.2 Å². The van der Waals surface area contributed by atoms with E-state index < -0.39 is 23.1 Å². The summed E-state index contributed by atoms with van der Waals surface area (Å²) in [4.78, 5) is 28.4. The highest BCUT2D eigenvalue weighted by Gasteiger charge is 2.10. The number of benzene rings is 2. The SMILES string of the molecule is Cc1ccc(-c2cc(=O)n(CC(=O)Nc3cc(F)ccc3F)cn2)cc1. The number of rotatable bonds is 4. The zero-order chi connectivity index (χ0) is 18.7. The van der Waals surface area contributed by atoms with E-state index >= 15 is 0 Å². The minimum atomic E-state index is -0.764. The largest absolute Gasteiger partial charge is 0.322 e. The number of hydrogen-bond acceptors (Lipinski definition) is 3. The van der Waals surface area contributed by atoms with E-state index in [1.54, 1.807) is 0 Å². The molecule has 1 amide bonds. The van der Waals surface area contributed by atoms with Gasteiger partial charge in [0.2, 0.25) is 5.91 Å². The third-order valence-electron chi connectivity index (χ3n) is 3.74. The van der Waals surface area contributed by atoms with Crippen molar-refractivity contribution in [1.29, 1.82) is 0 Å². The molecule has 26 heavy (non-hydrogen) atoms. The van der Waals surface area contributed by atoms with Crippen LogP contribution < -0.4 is 10.9 Å². The molecule has 0 atom stereocenters. The summed E-state index contributed by atoms with van der Waals surface area (Å²) in [6, 6.07) is 11.6. The minimum absolute atomic E-state index is 0.285. The Kier molecular flexibility index (Phi) is 4.88. The predicted molar refractivity (Wildman–Crippen MR) is 93.7 cm³/mol. The summed E-state index contributed by atoms with van der Waals surface area (Å²) in [5.41, 5.74) is 1.65. The first kappa shape index (κ1) is 17.5. The van der Waals surface area contributed by atoms with E-state index in [1.807, 2.05) is 31.2 Å². The second kappa shape index (κ2) is 7.26. The van der Waals surface area contributed by atoms with Gasteiger partial charge in [-0.05, 0) is 19.1 Å². The number of aryl methyl sites for hydroxylation is 1. The first-order valence-corrected chi connectivity index (χ1v) is 7.81. The lowest BCUT2D eigenvalue weighted by molar-refractivity contribution is -0.116. The van der Waals surface area contributed by atoms with Gasteiger partial charge < -0.3 is 5.32 Å². The topological polar surface area (TPSA) is 64.0 Å². The van der Waals surface area contributed by atoms with Crippen LogP contribution in [0.2, 0.25) is 0 Å². The van der Waals surface area contributed by atoms with Crippen LogP contribution in [-0.2, 0) is 11.3 Å². The van der Waals surface area contributed by atoms with Crippen molar-refractivity contribution < 1.29 is 13.6 Å². The molecule has 0 aliphatic rings. The molecule has 1 aromatic heterocycles. The fourth-order valence-corrected chi connectivity index (χ4v) is 2.36. The highest BCUT2D eigenvalue weighted by atomic mass is 19.1. The molecule has 3 aromatic rings. The van der Waals surface area contributed by atoms with Gasteiger partial charge in [-0.1, -0.05) is 29.8 Å². The number of carbonyl (C=O) groups is 1. The maximum atomic E-state index is 13.6. The van der Waals surface area contributed by atoms with Crippen molar-refractivity contribution in [3.8, 4) is 11.3 Å². The zero-order valence-electron chi connectivity index (χ0n) is 13.9. The molecule has 0 saturated carbocycles. The van der Waals surface area contributed by atoms with Gasteiger partial charge in [0.25, 0.3) is 5.56 Å². The van der Waals surface area contributed by atoms with Crippen molar-refractivity contribution in [2.45, 2.75) is 13.5 Å². The van der Waals surface area contributed by atoms with Crippen LogP contribution in [0.15, 0.2) is 59.7 Å². The Labute approximate surface area is 147 Å². The molecule has 0 unspecified atom stereocenters. The molecular weight excluding hydrogens is 340 g/mol. The van der Waals surface area contributed by atoms with E-state index in [2.05, 4.69) is 10.3 Å². The molecule has 3 rings (SSSR count). The Bertz CT molecular complexity index is 1010. The number of aromatic nitrogens is 2. The summed E-state index contributed by atoms with van der Waals surface area (Å²) in [5.74, 6) is -2.11. The Balaban J connectivity index is 1.75. The number of amides is 1. The second-order valence-electron chi connectivity index (χ2n) is 5.78. The third-order valence-corrected chi connectivity index (χ3v) is 3.74. The van der Waals surface area contributed by atoms with Crippen LogP contribution in [0.25, 0.3) is 11.3 Å². The van der Waals surface area contributed by atoms with Gasteiger partial charge >= 0.3 is 0 Å². The summed E-state index contributed by atoms with van der Waals surface area (Å²) in [5, 5.41) is 2.24. The Hall–Kier alpha value is -3.35. The van der Waals surface area contributed by atoms with Crippen molar-refractivity contribution in [1.82, 2.24) is 9.55 Å². The van der Waals surface area contributed by atoms with Crippen LogP contribution in [0.4, 0.5) is 14.5 Å². The summed E-state index contributed by atoms with van der Waals surface area (Å²) in [7, 11) is 0. The normalized spacial score (nSPS) is 10.6. The summed E-state index contributed by atoms with van der Waals surface area (Å²) in [6.45, 7) is 1.59. The van der Waals surface area contributed by atoms with Crippen LogP contribution in [0.1, 0.15) is 5.56 Å². The van der Waals surface area contributed by atoms with Crippen LogP contribution in [0.3, 0.4) is 0 Å². The number of carbonyl (C=O) groups excluding carboxylic acids is 1. The second-order valence-corrected chi connectivity index (χ2v) is 5.78. The lowest BCUT2D eigenvalue weighted by Crippen LogP contribution is -2.27. The Morgan fingerprint density at radius 2 is 1.85 bits per heavy atom. The van der Waals surface area contributed by atoms with E-state index in [9.17, 15) is 18.4 Å². The monoisotopic (exact) mass is 355 g/mol. The Morgan fingerprint density at radius 3 is 2.54 bits per heavy atom. The van der Waals surface area contributed by atoms with Gasteiger partial charge in [0, 0.05) is 17.7 Å². The van der Waals surface area contributed by atoms with E-state index in [-0.39, 0.29) is 12.2 Å². The van der Waals surface area contributed by atoms with Crippen molar-refractivity contribution in [3.63, 3.8) is 0 Å². The summed E-state index contributed by atoms with van der Waals surface area (Å²) in [6.07, 6.45) is 1.25. The van der Waals surface area contributed by atoms with Crippen LogP contribution in [0.5, 0.6) is 0 Å². The molecule has 0 saturated heterocycles. The molecule has 0 aliphatic carbocycles. The molecule has 0 fully saturated rings.